The van der Waals surface area contributed by atoms with Gasteiger partial charge in [-0.2, -0.15) is 5.26 Å². The Morgan fingerprint density at radius 1 is 1.45 bits per heavy atom. The molecule has 22 heavy (non-hydrogen) atoms. The number of aryl methyl sites for hydroxylation is 2. The molecular formula is C14H17N5O3. The first kappa shape index (κ1) is 14.5. The number of fused-ring (bicyclic) bond motifs is 1. The number of rotatable bonds is 3. The molecule has 3 rings (SSSR count). The van der Waals surface area contributed by atoms with Gasteiger partial charge in [0.25, 0.3) is 5.56 Å². The van der Waals surface area contributed by atoms with Gasteiger partial charge in [-0.25, -0.2) is 9.78 Å². The van der Waals surface area contributed by atoms with Crippen LogP contribution < -0.4 is 11.2 Å². The highest BCUT2D eigenvalue weighted by atomic mass is 16.3. The van der Waals surface area contributed by atoms with E-state index in [0.717, 1.165) is 4.57 Å². The average molecular weight is 303 g/mol. The summed E-state index contributed by atoms with van der Waals surface area (Å²) in [6, 6.07) is 2.21. The molecule has 0 aromatic carbocycles. The molecule has 1 saturated carbocycles. The molecule has 1 aliphatic rings. The van der Waals surface area contributed by atoms with Crippen molar-refractivity contribution in [3.05, 3.63) is 27.2 Å². The summed E-state index contributed by atoms with van der Waals surface area (Å²) < 4.78 is 4.07. The molecule has 0 radical (unpaired) electrons. The van der Waals surface area contributed by atoms with Crippen molar-refractivity contribution >= 4 is 11.2 Å². The molecule has 0 atom stereocenters. The summed E-state index contributed by atoms with van der Waals surface area (Å²) >= 11 is 0. The van der Waals surface area contributed by atoms with Gasteiger partial charge in [0, 0.05) is 20.6 Å². The first-order valence-corrected chi connectivity index (χ1v) is 7.09. The Morgan fingerprint density at radius 2 is 2.14 bits per heavy atom. The summed E-state index contributed by atoms with van der Waals surface area (Å²) in [6.07, 6.45) is 2.20. The minimum atomic E-state index is -0.634. The molecule has 8 heteroatoms. The van der Waals surface area contributed by atoms with E-state index in [1.54, 1.807) is 18.7 Å². The lowest BCUT2D eigenvalue weighted by Gasteiger charge is -2.39. The summed E-state index contributed by atoms with van der Waals surface area (Å²) in [4.78, 5) is 28.9. The van der Waals surface area contributed by atoms with E-state index in [9.17, 15) is 20.0 Å². The highest BCUT2D eigenvalue weighted by molar-refractivity contribution is 5.69. The van der Waals surface area contributed by atoms with Gasteiger partial charge in [0.1, 0.15) is 0 Å². The summed E-state index contributed by atoms with van der Waals surface area (Å²) in [5.74, 6) is 0. The van der Waals surface area contributed by atoms with Gasteiger partial charge in [-0.05, 0) is 19.3 Å². The molecule has 2 aromatic heterocycles. The minimum absolute atomic E-state index is 0.160. The van der Waals surface area contributed by atoms with Crippen LogP contribution in [0.2, 0.25) is 0 Å². The Labute approximate surface area is 125 Å². The molecule has 1 N–H and O–H groups in total. The van der Waals surface area contributed by atoms with Crippen LogP contribution >= 0.6 is 0 Å². The van der Waals surface area contributed by atoms with E-state index in [-0.39, 0.29) is 6.54 Å². The van der Waals surface area contributed by atoms with Gasteiger partial charge in [0.15, 0.2) is 11.2 Å². The fourth-order valence-electron chi connectivity index (χ4n) is 3.11. The Hall–Kier alpha value is -2.40. The van der Waals surface area contributed by atoms with Crippen molar-refractivity contribution in [1.29, 1.82) is 5.26 Å². The van der Waals surface area contributed by atoms with Crippen LogP contribution in [0.3, 0.4) is 0 Å². The number of aliphatic hydroxyl groups excluding tert-OH is 1. The smallest absolute Gasteiger partial charge is 0.332 e. The predicted molar refractivity (Wildman–Crippen MR) is 78.1 cm³/mol. The largest absolute Gasteiger partial charge is 0.393 e. The van der Waals surface area contributed by atoms with Crippen LogP contribution in [0, 0.1) is 16.7 Å². The quantitative estimate of drug-likeness (QED) is 0.822. The number of imidazole rings is 1. The number of nitriles is 1. The van der Waals surface area contributed by atoms with Gasteiger partial charge in [-0.15, -0.1) is 0 Å². The number of hydrogen-bond donors (Lipinski definition) is 1. The van der Waals surface area contributed by atoms with Gasteiger partial charge in [-0.1, -0.05) is 0 Å². The molecule has 1 fully saturated rings. The van der Waals surface area contributed by atoms with Gasteiger partial charge in [-0.3, -0.25) is 13.9 Å². The van der Waals surface area contributed by atoms with Gasteiger partial charge >= 0.3 is 5.69 Å². The van der Waals surface area contributed by atoms with E-state index in [1.165, 1.54) is 10.9 Å². The first-order chi connectivity index (χ1) is 10.4. The molecule has 1 aliphatic carbocycles. The van der Waals surface area contributed by atoms with Gasteiger partial charge < -0.3 is 9.67 Å². The third-order valence-corrected chi connectivity index (χ3v) is 4.50. The van der Waals surface area contributed by atoms with Crippen molar-refractivity contribution in [3.8, 4) is 6.07 Å². The van der Waals surface area contributed by atoms with Crippen molar-refractivity contribution in [2.75, 3.05) is 0 Å². The maximum absolute atomic E-state index is 12.5. The third-order valence-electron chi connectivity index (χ3n) is 4.50. The van der Waals surface area contributed by atoms with Crippen LogP contribution in [0.25, 0.3) is 11.2 Å². The van der Waals surface area contributed by atoms with Crippen LogP contribution in [0.1, 0.15) is 19.3 Å². The lowest BCUT2D eigenvalue weighted by molar-refractivity contribution is -0.00405. The monoisotopic (exact) mass is 303 g/mol. The zero-order chi connectivity index (χ0) is 16.1. The van der Waals surface area contributed by atoms with E-state index in [0.29, 0.717) is 30.4 Å². The molecule has 0 spiro atoms. The maximum Gasteiger partial charge on any atom is 0.332 e. The normalized spacial score (nSPS) is 24.2. The molecule has 2 aromatic rings. The van der Waals surface area contributed by atoms with Crippen molar-refractivity contribution in [2.45, 2.75) is 31.9 Å². The van der Waals surface area contributed by atoms with Crippen LogP contribution in [-0.2, 0) is 20.6 Å². The Balaban J connectivity index is 2.01. The molecule has 0 amide bonds. The minimum Gasteiger partial charge on any atom is -0.393 e. The standard InChI is InChI=1S/C14H17N5O3/c1-17-8-16-11-10(17)12(21)19(13(22)18(11)2)4-3-14(7-15)5-9(20)6-14/h8-9,20H,3-6H2,1-2H3. The van der Waals surface area contributed by atoms with Gasteiger partial charge in [0.2, 0.25) is 0 Å². The molecule has 0 saturated heterocycles. The third kappa shape index (κ3) is 1.97. The zero-order valence-corrected chi connectivity index (χ0v) is 12.5. The molecule has 0 unspecified atom stereocenters. The summed E-state index contributed by atoms with van der Waals surface area (Å²) in [5.41, 5.74) is -0.759. The van der Waals surface area contributed by atoms with Crippen LogP contribution in [-0.4, -0.2) is 29.9 Å². The Morgan fingerprint density at radius 3 is 2.73 bits per heavy atom. The average Bonchev–Trinajstić information content (AvgIpc) is 2.84. The van der Waals surface area contributed by atoms with E-state index in [4.69, 9.17) is 0 Å². The van der Waals surface area contributed by atoms with Crippen LogP contribution in [0.5, 0.6) is 0 Å². The predicted octanol–water partition coefficient (Wildman–Crippen LogP) is -0.512. The van der Waals surface area contributed by atoms with Crippen molar-refractivity contribution in [2.24, 2.45) is 19.5 Å². The van der Waals surface area contributed by atoms with Crippen LogP contribution in [0.15, 0.2) is 15.9 Å². The van der Waals surface area contributed by atoms with Gasteiger partial charge in [0.05, 0.1) is 23.9 Å². The lowest BCUT2D eigenvalue weighted by Crippen LogP contribution is -2.44. The summed E-state index contributed by atoms with van der Waals surface area (Å²) in [6.45, 7) is 0.160. The number of hydrogen-bond acceptors (Lipinski definition) is 5. The van der Waals surface area contributed by atoms with E-state index in [2.05, 4.69) is 11.1 Å². The van der Waals surface area contributed by atoms with Crippen molar-refractivity contribution < 1.29 is 5.11 Å². The molecular weight excluding hydrogens is 286 g/mol. The second-order valence-electron chi connectivity index (χ2n) is 6.03. The molecule has 116 valence electrons. The van der Waals surface area contributed by atoms with Crippen molar-refractivity contribution in [3.63, 3.8) is 0 Å². The number of nitrogens with zero attached hydrogens (tertiary/aromatic N) is 5. The fourth-order valence-corrected chi connectivity index (χ4v) is 3.11. The molecule has 2 heterocycles. The highest BCUT2D eigenvalue weighted by Gasteiger charge is 2.43. The SMILES string of the molecule is Cn1cnc2c1c(=O)n(CCC1(C#N)CC(O)C1)c(=O)n2C. The van der Waals surface area contributed by atoms with E-state index in [1.807, 2.05) is 0 Å². The van der Waals surface area contributed by atoms with Crippen molar-refractivity contribution in [1.82, 2.24) is 18.7 Å². The first-order valence-electron chi connectivity index (χ1n) is 7.09. The zero-order valence-electron chi connectivity index (χ0n) is 12.5. The Bertz CT molecular complexity index is 892. The van der Waals surface area contributed by atoms with E-state index < -0.39 is 22.8 Å². The second-order valence-corrected chi connectivity index (χ2v) is 6.03. The number of aliphatic hydroxyl groups is 1. The maximum atomic E-state index is 12.5. The fraction of sp³-hybridized carbons (Fsp3) is 0.571. The molecule has 0 bridgehead atoms. The topological polar surface area (TPSA) is 106 Å². The lowest BCUT2D eigenvalue weighted by atomic mass is 9.66. The summed E-state index contributed by atoms with van der Waals surface area (Å²) in [5, 5.41) is 18.7. The molecule has 8 nitrogen and oxygen atoms in total. The second kappa shape index (κ2) is 4.81. The van der Waals surface area contributed by atoms with E-state index >= 15 is 0 Å². The van der Waals surface area contributed by atoms with Crippen LogP contribution in [0.4, 0.5) is 0 Å². The molecule has 0 aliphatic heterocycles. The summed E-state index contributed by atoms with van der Waals surface area (Å²) in [7, 11) is 3.27. The number of aromatic nitrogens is 4. The Kier molecular flexibility index (Phi) is 3.18. The highest BCUT2D eigenvalue weighted by Crippen LogP contribution is 2.43.